The van der Waals surface area contributed by atoms with Crippen molar-refractivity contribution in [2.24, 2.45) is 5.73 Å². The van der Waals surface area contributed by atoms with Crippen LogP contribution in [0.3, 0.4) is 0 Å². The summed E-state index contributed by atoms with van der Waals surface area (Å²) in [5, 5.41) is 9.80. The average molecular weight is 567 g/mol. The predicted molar refractivity (Wildman–Crippen MR) is 145 cm³/mol. The topological polar surface area (TPSA) is 140 Å². The van der Waals surface area contributed by atoms with Crippen LogP contribution in [0.5, 0.6) is 0 Å². The van der Waals surface area contributed by atoms with Crippen molar-refractivity contribution in [2.75, 3.05) is 28.7 Å². The van der Waals surface area contributed by atoms with Gasteiger partial charge in [0.05, 0.1) is 30.3 Å². The highest BCUT2D eigenvalue weighted by atomic mass is 19.4. The van der Waals surface area contributed by atoms with Crippen LogP contribution in [0.25, 0.3) is 22.4 Å². The number of nitrogens with two attached hydrogens (primary N) is 1. The molecule has 4 aromatic rings. The number of aromatic nitrogens is 4. The highest BCUT2D eigenvalue weighted by Crippen LogP contribution is 2.35. The fourth-order valence-electron chi connectivity index (χ4n) is 5.10. The van der Waals surface area contributed by atoms with Gasteiger partial charge in [-0.25, -0.2) is 19.4 Å². The van der Waals surface area contributed by atoms with E-state index in [4.69, 9.17) is 15.5 Å². The van der Waals surface area contributed by atoms with Crippen molar-refractivity contribution in [3.05, 3.63) is 60.3 Å². The number of primary amides is 1. The monoisotopic (exact) mass is 566 g/mol. The Morgan fingerprint density at radius 2 is 1.68 bits per heavy atom. The number of hydrogen-bond donors (Lipinski definition) is 3. The summed E-state index contributed by atoms with van der Waals surface area (Å²) in [5.74, 6) is 0.197. The first kappa shape index (κ1) is 26.5. The lowest BCUT2D eigenvalue weighted by Gasteiger charge is -2.45. The van der Waals surface area contributed by atoms with Crippen molar-refractivity contribution in [1.82, 2.24) is 19.7 Å². The van der Waals surface area contributed by atoms with E-state index >= 15 is 0 Å². The number of fused-ring (bicyclic) bond motifs is 4. The summed E-state index contributed by atoms with van der Waals surface area (Å²) in [6, 6.07) is 12.3. The molecular formula is C27H25F3N8O3. The van der Waals surface area contributed by atoms with E-state index in [-0.39, 0.29) is 23.6 Å². The number of piperidine rings is 1. The van der Waals surface area contributed by atoms with Crippen LogP contribution in [0.1, 0.15) is 23.2 Å². The van der Waals surface area contributed by atoms with E-state index in [1.807, 2.05) is 0 Å². The van der Waals surface area contributed by atoms with Gasteiger partial charge >= 0.3 is 12.2 Å². The van der Waals surface area contributed by atoms with Crippen molar-refractivity contribution >= 4 is 40.2 Å². The van der Waals surface area contributed by atoms with Gasteiger partial charge in [-0.05, 0) is 61.4 Å². The molecule has 2 aromatic carbocycles. The molecule has 41 heavy (non-hydrogen) atoms. The van der Waals surface area contributed by atoms with Gasteiger partial charge in [-0.3, -0.25) is 4.79 Å². The Morgan fingerprint density at radius 1 is 1.00 bits per heavy atom. The molecule has 0 saturated carbocycles. The average Bonchev–Trinajstić information content (AvgIpc) is 3.35. The summed E-state index contributed by atoms with van der Waals surface area (Å²) < 4.78 is 46.5. The Morgan fingerprint density at radius 3 is 2.24 bits per heavy atom. The number of morpholine rings is 1. The molecule has 3 saturated heterocycles. The molecule has 4 N–H and O–H groups in total. The second kappa shape index (κ2) is 10.4. The van der Waals surface area contributed by atoms with Gasteiger partial charge in [0, 0.05) is 29.0 Å². The van der Waals surface area contributed by atoms with Gasteiger partial charge in [0.2, 0.25) is 5.91 Å². The molecule has 2 atom stereocenters. The highest BCUT2D eigenvalue weighted by Gasteiger charge is 2.37. The lowest BCUT2D eigenvalue weighted by atomic mass is 9.97. The Kier molecular flexibility index (Phi) is 6.69. The smallest absolute Gasteiger partial charge is 0.374 e. The molecule has 2 aromatic heterocycles. The summed E-state index contributed by atoms with van der Waals surface area (Å²) in [7, 11) is 0. The van der Waals surface area contributed by atoms with E-state index in [0.717, 1.165) is 17.5 Å². The van der Waals surface area contributed by atoms with Crippen molar-refractivity contribution in [3.63, 3.8) is 0 Å². The van der Waals surface area contributed by atoms with E-state index in [0.29, 0.717) is 46.9 Å². The third-order valence-electron chi connectivity index (χ3n) is 7.09. The second-order valence-corrected chi connectivity index (χ2v) is 9.96. The Hall–Kier alpha value is -4.72. The van der Waals surface area contributed by atoms with Crippen LogP contribution in [-0.2, 0) is 11.3 Å². The number of nitrogens with one attached hydrogen (secondary N) is 2. The first-order chi connectivity index (χ1) is 19.6. The molecule has 3 amide bonds. The lowest BCUT2D eigenvalue weighted by Crippen LogP contribution is -2.55. The van der Waals surface area contributed by atoms with Gasteiger partial charge in [0.1, 0.15) is 12.4 Å². The molecule has 3 aliphatic rings. The van der Waals surface area contributed by atoms with E-state index < -0.39 is 24.7 Å². The molecule has 0 spiro atoms. The summed E-state index contributed by atoms with van der Waals surface area (Å²) >= 11 is 0. The Labute approximate surface area is 231 Å². The van der Waals surface area contributed by atoms with Gasteiger partial charge in [-0.2, -0.15) is 18.3 Å². The number of amides is 3. The molecule has 2 bridgehead atoms. The lowest BCUT2D eigenvalue weighted by molar-refractivity contribution is -0.141. The van der Waals surface area contributed by atoms with Crippen LogP contribution in [0.4, 0.5) is 35.2 Å². The number of anilines is 3. The molecule has 14 heteroatoms. The minimum absolute atomic E-state index is 0.0382. The molecule has 0 radical (unpaired) electrons. The number of alkyl halides is 3. The van der Waals surface area contributed by atoms with E-state index in [9.17, 15) is 22.8 Å². The highest BCUT2D eigenvalue weighted by molar-refractivity contribution is 6.00. The van der Waals surface area contributed by atoms with Crippen LogP contribution in [0.2, 0.25) is 0 Å². The quantitative estimate of drug-likeness (QED) is 0.318. The minimum Gasteiger partial charge on any atom is -0.374 e. The maximum atomic E-state index is 13.3. The fraction of sp³-hybridized carbons (Fsp3) is 0.296. The first-order valence-electron chi connectivity index (χ1n) is 12.9. The molecule has 3 aliphatic heterocycles. The van der Waals surface area contributed by atoms with Crippen molar-refractivity contribution in [3.8, 4) is 11.4 Å². The third-order valence-corrected chi connectivity index (χ3v) is 7.09. The van der Waals surface area contributed by atoms with Crippen molar-refractivity contribution in [2.45, 2.75) is 37.7 Å². The zero-order valence-corrected chi connectivity index (χ0v) is 21.6. The molecule has 7 rings (SSSR count). The largest absolute Gasteiger partial charge is 0.408 e. The predicted octanol–water partition coefficient (Wildman–Crippen LogP) is 4.17. The number of carbonyl (C=O) groups is 2. The fourth-order valence-corrected chi connectivity index (χ4v) is 5.10. The zero-order valence-electron chi connectivity index (χ0n) is 21.6. The SMILES string of the molecule is NC(=O)c1ccc(NC(=O)Nc2ccc(-c3nc(N4CC5CCC4CO5)c4cnn(CC(F)(F)F)c4n3)cc2)cc1. The normalized spacial score (nSPS) is 18.5. The minimum atomic E-state index is -4.47. The number of nitrogens with zero attached hydrogens (tertiary/aromatic N) is 5. The van der Waals surface area contributed by atoms with E-state index in [2.05, 4.69) is 25.6 Å². The number of urea groups is 1. The maximum absolute atomic E-state index is 13.3. The first-order valence-corrected chi connectivity index (χ1v) is 12.9. The number of ether oxygens (including phenoxy) is 1. The van der Waals surface area contributed by atoms with Crippen LogP contribution in [0, 0.1) is 0 Å². The van der Waals surface area contributed by atoms with Crippen molar-refractivity contribution in [1.29, 1.82) is 0 Å². The summed E-state index contributed by atoms with van der Waals surface area (Å²) in [4.78, 5) is 35.0. The van der Waals surface area contributed by atoms with Gasteiger partial charge < -0.3 is 26.0 Å². The number of hydrogen-bond acceptors (Lipinski definition) is 7. The Bertz CT molecular complexity index is 1600. The Balaban J connectivity index is 1.26. The molecule has 5 heterocycles. The number of carbonyl (C=O) groups excluding carboxylic acids is 2. The molecule has 11 nitrogen and oxygen atoms in total. The van der Waals surface area contributed by atoms with Gasteiger partial charge in [-0.1, -0.05) is 0 Å². The number of rotatable bonds is 6. The zero-order chi connectivity index (χ0) is 28.7. The van der Waals surface area contributed by atoms with Crippen LogP contribution < -0.4 is 21.3 Å². The van der Waals surface area contributed by atoms with Crippen LogP contribution >= 0.6 is 0 Å². The van der Waals surface area contributed by atoms with Crippen LogP contribution in [-0.4, -0.2) is 63.2 Å². The van der Waals surface area contributed by atoms with Crippen LogP contribution in [0.15, 0.2) is 54.7 Å². The standard InChI is InChI=1S/C27H25F3N8O3/c28-27(29,30)14-38-25-21(11-32-38)24(37-12-20-10-9-19(37)13-41-20)35-23(36-25)16-3-7-18(8-4-16)34-26(40)33-17-5-1-15(2-6-17)22(31)39/h1-8,11,19-20H,9-10,12-14H2,(H2,31,39)(H2,33,34,40). The number of halogens is 3. The molecule has 3 fully saturated rings. The molecule has 2 unspecified atom stereocenters. The van der Waals surface area contributed by atoms with Crippen molar-refractivity contribution < 1.29 is 27.5 Å². The summed E-state index contributed by atoms with van der Waals surface area (Å²) in [6.07, 6.45) is -1.22. The molecule has 0 aliphatic carbocycles. The second-order valence-electron chi connectivity index (χ2n) is 9.96. The molecule has 212 valence electrons. The maximum Gasteiger partial charge on any atom is 0.408 e. The summed E-state index contributed by atoms with van der Waals surface area (Å²) in [5.41, 5.74) is 7.12. The molecular weight excluding hydrogens is 541 g/mol. The third kappa shape index (κ3) is 5.63. The number of benzene rings is 2. The summed E-state index contributed by atoms with van der Waals surface area (Å²) in [6.45, 7) is -0.158. The van der Waals surface area contributed by atoms with E-state index in [1.54, 1.807) is 36.4 Å². The van der Waals surface area contributed by atoms with Gasteiger partial charge in [-0.15, -0.1) is 0 Å². The van der Waals surface area contributed by atoms with E-state index in [1.165, 1.54) is 18.3 Å². The van der Waals surface area contributed by atoms with Gasteiger partial charge in [0.25, 0.3) is 0 Å². The van der Waals surface area contributed by atoms with Gasteiger partial charge in [0.15, 0.2) is 11.5 Å².